The van der Waals surface area contributed by atoms with Gasteiger partial charge in [0.05, 0.1) is 14.5 Å². The van der Waals surface area contributed by atoms with Gasteiger partial charge in [0.1, 0.15) is 4.21 Å². The van der Waals surface area contributed by atoms with E-state index in [9.17, 15) is 8.42 Å². The second-order valence-electron chi connectivity index (χ2n) is 4.94. The number of aryl methyl sites for hydroxylation is 1. The third kappa shape index (κ3) is 3.13. The lowest BCUT2D eigenvalue weighted by molar-refractivity contribution is 0.603. The van der Waals surface area contributed by atoms with Crippen LogP contribution >= 0.6 is 38.9 Å². The Morgan fingerprint density at radius 3 is 2.71 bits per heavy atom. The molecule has 0 radical (unpaired) electrons. The van der Waals surface area contributed by atoms with Crippen LogP contribution in [0.15, 0.2) is 32.3 Å². The van der Waals surface area contributed by atoms with Crippen molar-refractivity contribution in [3.05, 3.63) is 44.2 Å². The zero-order valence-corrected chi connectivity index (χ0v) is 15.0. The van der Waals surface area contributed by atoms with Crippen LogP contribution in [0.4, 0.5) is 5.69 Å². The van der Waals surface area contributed by atoms with E-state index in [0.29, 0.717) is 14.5 Å². The molecule has 1 N–H and O–H groups in total. The summed E-state index contributed by atoms with van der Waals surface area (Å²) in [6.07, 6.45) is 4.20. The summed E-state index contributed by atoms with van der Waals surface area (Å²) in [6.45, 7) is 0. The van der Waals surface area contributed by atoms with E-state index in [1.807, 2.05) is 12.1 Å². The van der Waals surface area contributed by atoms with Gasteiger partial charge in [-0.05, 0) is 64.9 Å². The van der Waals surface area contributed by atoms with Crippen molar-refractivity contribution in [1.29, 1.82) is 0 Å². The third-order valence-electron chi connectivity index (χ3n) is 3.53. The molecule has 21 heavy (non-hydrogen) atoms. The average Bonchev–Trinajstić information content (AvgIpc) is 2.80. The van der Waals surface area contributed by atoms with Crippen molar-refractivity contribution >= 4 is 54.6 Å². The van der Waals surface area contributed by atoms with Gasteiger partial charge in [0.25, 0.3) is 10.0 Å². The highest BCUT2D eigenvalue weighted by molar-refractivity contribution is 9.11. The summed E-state index contributed by atoms with van der Waals surface area (Å²) in [5, 5.41) is 0.412. The molecule has 3 rings (SSSR count). The number of rotatable bonds is 3. The highest BCUT2D eigenvalue weighted by atomic mass is 79.9. The fourth-order valence-corrected chi connectivity index (χ4v) is 6.02. The van der Waals surface area contributed by atoms with Crippen LogP contribution in [0.2, 0.25) is 5.02 Å². The predicted octanol–water partition coefficient (Wildman–Crippen LogP) is 4.84. The van der Waals surface area contributed by atoms with Crippen LogP contribution in [0.25, 0.3) is 0 Å². The van der Waals surface area contributed by atoms with Crippen LogP contribution in [-0.4, -0.2) is 8.42 Å². The Bertz CT molecular complexity index is 767. The first-order valence-corrected chi connectivity index (χ1v) is 10.0. The number of thiophene rings is 1. The van der Waals surface area contributed by atoms with Crippen molar-refractivity contribution in [1.82, 2.24) is 0 Å². The van der Waals surface area contributed by atoms with Gasteiger partial charge in [-0.1, -0.05) is 23.7 Å². The number of hydrogen-bond donors (Lipinski definition) is 1. The molecule has 0 bridgehead atoms. The van der Waals surface area contributed by atoms with Crippen molar-refractivity contribution in [2.24, 2.45) is 0 Å². The Hall–Kier alpha value is -0.560. The zero-order valence-electron chi connectivity index (χ0n) is 11.0. The molecule has 0 fully saturated rings. The first-order chi connectivity index (χ1) is 9.97. The molecule has 1 aliphatic rings. The summed E-state index contributed by atoms with van der Waals surface area (Å²) in [4.78, 5) is 0. The number of fused-ring (bicyclic) bond motifs is 1. The number of hydrogen-bond acceptors (Lipinski definition) is 3. The molecule has 0 spiro atoms. The van der Waals surface area contributed by atoms with Crippen LogP contribution in [0.1, 0.15) is 24.0 Å². The number of halogens is 2. The van der Waals surface area contributed by atoms with Crippen molar-refractivity contribution < 1.29 is 8.42 Å². The van der Waals surface area contributed by atoms with Crippen LogP contribution in [-0.2, 0) is 22.9 Å². The Morgan fingerprint density at radius 1 is 1.24 bits per heavy atom. The van der Waals surface area contributed by atoms with Crippen LogP contribution in [0.3, 0.4) is 0 Å². The van der Waals surface area contributed by atoms with E-state index >= 15 is 0 Å². The summed E-state index contributed by atoms with van der Waals surface area (Å²) in [5.41, 5.74) is 3.05. The normalized spacial score (nSPS) is 14.8. The SMILES string of the molecule is O=S(=O)(Nc1cccc2c1CCCC2)c1cc(Cl)c(Br)s1. The third-order valence-corrected chi connectivity index (χ3v) is 7.84. The van der Waals surface area contributed by atoms with Crippen LogP contribution in [0, 0.1) is 0 Å². The van der Waals surface area contributed by atoms with Crippen LogP contribution < -0.4 is 4.72 Å². The minimum atomic E-state index is -3.59. The fraction of sp³-hybridized carbons (Fsp3) is 0.286. The standard InChI is InChI=1S/C14H13BrClNO2S2/c15-14-11(16)8-13(20-14)21(18,19)17-12-7-3-5-9-4-1-2-6-10(9)12/h3,5,7-8,17H,1-2,4,6H2. The number of nitrogens with one attached hydrogen (secondary N) is 1. The van der Waals surface area contributed by atoms with Crippen molar-refractivity contribution in [2.75, 3.05) is 4.72 Å². The van der Waals surface area contributed by atoms with E-state index < -0.39 is 10.0 Å². The highest BCUT2D eigenvalue weighted by Gasteiger charge is 2.21. The van der Waals surface area contributed by atoms with E-state index in [-0.39, 0.29) is 4.21 Å². The largest absolute Gasteiger partial charge is 0.279 e. The number of anilines is 1. The molecule has 1 aromatic carbocycles. The Morgan fingerprint density at radius 2 is 2.00 bits per heavy atom. The molecule has 112 valence electrons. The maximum Gasteiger partial charge on any atom is 0.271 e. The second-order valence-corrected chi connectivity index (χ2v) is 9.63. The minimum Gasteiger partial charge on any atom is -0.279 e. The summed E-state index contributed by atoms with van der Waals surface area (Å²) >= 11 is 10.3. The van der Waals surface area contributed by atoms with Gasteiger partial charge in [-0.25, -0.2) is 8.42 Å². The van der Waals surface area contributed by atoms with Gasteiger partial charge in [-0.3, -0.25) is 4.72 Å². The van der Waals surface area contributed by atoms with Gasteiger partial charge in [0.15, 0.2) is 0 Å². The van der Waals surface area contributed by atoms with Gasteiger partial charge < -0.3 is 0 Å². The lowest BCUT2D eigenvalue weighted by Crippen LogP contribution is -2.15. The zero-order chi connectivity index (χ0) is 15.0. The van der Waals surface area contributed by atoms with E-state index in [1.165, 1.54) is 11.6 Å². The number of benzene rings is 1. The van der Waals surface area contributed by atoms with E-state index in [4.69, 9.17) is 11.6 Å². The smallest absolute Gasteiger partial charge is 0.271 e. The molecule has 3 nitrogen and oxygen atoms in total. The molecular weight excluding hydrogens is 394 g/mol. The van der Waals surface area contributed by atoms with Gasteiger partial charge in [-0.2, -0.15) is 0 Å². The monoisotopic (exact) mass is 405 g/mol. The molecule has 0 unspecified atom stereocenters. The molecule has 0 saturated carbocycles. The first-order valence-electron chi connectivity index (χ1n) is 6.56. The van der Waals surface area contributed by atoms with Gasteiger partial charge in [0.2, 0.25) is 0 Å². The molecule has 2 aromatic rings. The summed E-state index contributed by atoms with van der Waals surface area (Å²) < 4.78 is 28.5. The van der Waals surface area contributed by atoms with E-state index in [1.54, 1.807) is 0 Å². The Labute approximate surface area is 141 Å². The molecule has 1 heterocycles. The average molecular weight is 407 g/mol. The Balaban J connectivity index is 1.96. The van der Waals surface area contributed by atoms with Gasteiger partial charge in [0, 0.05) is 0 Å². The van der Waals surface area contributed by atoms with Crippen molar-refractivity contribution in [3.63, 3.8) is 0 Å². The first kappa shape index (κ1) is 15.3. The van der Waals surface area contributed by atoms with Crippen molar-refractivity contribution in [2.45, 2.75) is 29.9 Å². The summed E-state index contributed by atoms with van der Waals surface area (Å²) in [6, 6.07) is 7.27. The van der Waals surface area contributed by atoms with Crippen molar-refractivity contribution in [3.8, 4) is 0 Å². The van der Waals surface area contributed by atoms with E-state index in [2.05, 4.69) is 26.7 Å². The molecule has 1 aliphatic carbocycles. The molecule has 0 amide bonds. The second kappa shape index (κ2) is 5.91. The summed E-state index contributed by atoms with van der Waals surface area (Å²) in [7, 11) is -3.59. The van der Waals surface area contributed by atoms with Gasteiger partial charge >= 0.3 is 0 Å². The lowest BCUT2D eigenvalue weighted by atomic mass is 9.91. The maximum absolute atomic E-state index is 12.5. The van der Waals surface area contributed by atoms with Gasteiger partial charge in [-0.15, -0.1) is 11.3 Å². The molecule has 0 aliphatic heterocycles. The molecule has 0 atom stereocenters. The maximum atomic E-state index is 12.5. The van der Waals surface area contributed by atoms with E-state index in [0.717, 1.165) is 42.6 Å². The molecule has 0 saturated heterocycles. The topological polar surface area (TPSA) is 46.2 Å². The quantitative estimate of drug-likeness (QED) is 0.792. The highest BCUT2D eigenvalue weighted by Crippen LogP contribution is 2.36. The number of sulfonamides is 1. The summed E-state index contributed by atoms with van der Waals surface area (Å²) in [5.74, 6) is 0. The van der Waals surface area contributed by atoms with Crippen LogP contribution in [0.5, 0.6) is 0 Å². The molecule has 7 heteroatoms. The fourth-order valence-electron chi connectivity index (χ4n) is 2.53. The molecule has 1 aromatic heterocycles. The Kier molecular flexibility index (Phi) is 4.32. The lowest BCUT2D eigenvalue weighted by Gasteiger charge is -2.19. The molecular formula is C14H13BrClNO2S2. The predicted molar refractivity (Wildman–Crippen MR) is 90.9 cm³/mol. The minimum absolute atomic E-state index is 0.216.